The smallest absolute Gasteiger partial charge is 0.326 e. The molecule has 2 aromatic carbocycles. The molecular formula is C23H21FN6O3. The van der Waals surface area contributed by atoms with Crippen LogP contribution in [-0.4, -0.2) is 25.7 Å². The fourth-order valence-electron chi connectivity index (χ4n) is 3.44. The van der Waals surface area contributed by atoms with Crippen molar-refractivity contribution in [2.75, 3.05) is 5.73 Å². The van der Waals surface area contributed by atoms with Crippen molar-refractivity contribution in [3.05, 3.63) is 104 Å². The maximum Gasteiger partial charge on any atom is 0.326 e. The number of H-pyrrole nitrogens is 2. The molecule has 0 aliphatic rings. The molecular weight excluding hydrogens is 427 g/mol. The normalized spacial score (nSPS) is 11.8. The van der Waals surface area contributed by atoms with Gasteiger partial charge in [0.15, 0.2) is 0 Å². The second-order valence-corrected chi connectivity index (χ2v) is 7.57. The van der Waals surface area contributed by atoms with E-state index in [9.17, 15) is 18.8 Å². The first-order valence-electron chi connectivity index (χ1n) is 10.1. The van der Waals surface area contributed by atoms with Crippen molar-refractivity contribution in [3.8, 4) is 11.1 Å². The Morgan fingerprint density at radius 2 is 1.94 bits per heavy atom. The van der Waals surface area contributed by atoms with Crippen LogP contribution in [-0.2, 0) is 6.54 Å². The van der Waals surface area contributed by atoms with Gasteiger partial charge in [0.05, 0.1) is 18.8 Å². The molecule has 1 atom stereocenters. The van der Waals surface area contributed by atoms with Crippen LogP contribution in [0.1, 0.15) is 34.6 Å². The van der Waals surface area contributed by atoms with Crippen LogP contribution in [0, 0.1) is 5.82 Å². The molecule has 0 spiro atoms. The topological polar surface area (TPSA) is 139 Å². The molecule has 0 aliphatic heterocycles. The zero-order chi connectivity index (χ0) is 23.5. The fourth-order valence-corrected chi connectivity index (χ4v) is 3.44. The third-order valence-corrected chi connectivity index (χ3v) is 5.14. The molecule has 0 bridgehead atoms. The lowest BCUT2D eigenvalue weighted by molar-refractivity contribution is 0.0935. The van der Waals surface area contributed by atoms with Crippen molar-refractivity contribution in [2.45, 2.75) is 19.5 Å². The molecule has 10 heteroatoms. The van der Waals surface area contributed by atoms with Gasteiger partial charge in [-0.05, 0) is 41.8 Å². The summed E-state index contributed by atoms with van der Waals surface area (Å²) >= 11 is 0. The zero-order valence-electron chi connectivity index (χ0n) is 17.6. The summed E-state index contributed by atoms with van der Waals surface area (Å²) in [7, 11) is 0. The summed E-state index contributed by atoms with van der Waals surface area (Å²) in [4.78, 5) is 39.9. The minimum Gasteiger partial charge on any atom is -0.392 e. The predicted molar refractivity (Wildman–Crippen MR) is 121 cm³/mol. The summed E-state index contributed by atoms with van der Waals surface area (Å²) in [5, 5.41) is 7.08. The van der Waals surface area contributed by atoms with Gasteiger partial charge in [-0.15, -0.1) is 0 Å². The minimum absolute atomic E-state index is 0.287. The number of halogens is 1. The molecule has 4 aromatic rings. The second-order valence-electron chi connectivity index (χ2n) is 7.57. The number of aromatic amines is 2. The number of nitrogens with zero attached hydrogens (tertiary/aromatic N) is 2. The van der Waals surface area contributed by atoms with Crippen LogP contribution in [0.3, 0.4) is 0 Å². The van der Waals surface area contributed by atoms with Gasteiger partial charge >= 0.3 is 5.69 Å². The molecule has 0 saturated heterocycles. The summed E-state index contributed by atoms with van der Waals surface area (Å²) in [5.41, 5.74) is 6.67. The van der Waals surface area contributed by atoms with Crippen LogP contribution < -0.4 is 22.3 Å². The largest absolute Gasteiger partial charge is 0.392 e. The van der Waals surface area contributed by atoms with E-state index in [1.807, 2.05) is 41.5 Å². The molecule has 1 amide bonds. The van der Waals surface area contributed by atoms with E-state index in [1.165, 1.54) is 12.1 Å². The Morgan fingerprint density at radius 3 is 2.73 bits per heavy atom. The van der Waals surface area contributed by atoms with Crippen molar-refractivity contribution in [1.82, 2.24) is 25.1 Å². The summed E-state index contributed by atoms with van der Waals surface area (Å²) in [6.45, 7) is 2.20. The first kappa shape index (κ1) is 21.8. The highest BCUT2D eigenvalue weighted by Gasteiger charge is 2.17. The molecule has 0 aliphatic carbocycles. The lowest BCUT2D eigenvalue weighted by atomic mass is 10.0. The van der Waals surface area contributed by atoms with Crippen LogP contribution in [0.25, 0.3) is 11.1 Å². The molecule has 33 heavy (non-hydrogen) atoms. The lowest BCUT2D eigenvalue weighted by Gasteiger charge is -2.15. The molecule has 0 saturated carbocycles. The lowest BCUT2D eigenvalue weighted by Crippen LogP contribution is -2.34. The van der Waals surface area contributed by atoms with Crippen molar-refractivity contribution in [3.63, 3.8) is 0 Å². The average molecular weight is 448 g/mol. The number of carbonyl (C=O) groups is 1. The van der Waals surface area contributed by atoms with E-state index >= 15 is 0 Å². The Morgan fingerprint density at radius 1 is 1.15 bits per heavy atom. The Labute approximate surface area is 187 Å². The van der Waals surface area contributed by atoms with Crippen molar-refractivity contribution >= 4 is 11.6 Å². The molecule has 9 nitrogen and oxygen atoms in total. The zero-order valence-corrected chi connectivity index (χ0v) is 17.6. The van der Waals surface area contributed by atoms with Crippen LogP contribution in [0.4, 0.5) is 10.1 Å². The van der Waals surface area contributed by atoms with Gasteiger partial charge < -0.3 is 16.0 Å². The number of anilines is 1. The van der Waals surface area contributed by atoms with E-state index in [1.54, 1.807) is 23.9 Å². The standard InChI is InChI=1S/C23H21FN6O3/c1-13(27-22(32)20-19(25)21(31)29-23(33)28-20)15-5-3-6-16(9-15)17-10-26-30(12-17)11-14-4-2-7-18(24)8-14/h2-10,12-13H,11,25H2,1H3,(H,27,32)(H2,28,29,31,33)/t13-/m1/s1. The number of amides is 1. The average Bonchev–Trinajstić information content (AvgIpc) is 3.24. The number of aromatic nitrogens is 4. The van der Waals surface area contributed by atoms with E-state index in [-0.39, 0.29) is 17.2 Å². The van der Waals surface area contributed by atoms with Gasteiger partial charge in [-0.25, -0.2) is 9.18 Å². The quantitative estimate of drug-likeness (QED) is 0.358. The highest BCUT2D eigenvalue weighted by atomic mass is 19.1. The fraction of sp³-hybridized carbons (Fsp3) is 0.130. The Hall–Kier alpha value is -4.47. The molecule has 0 fully saturated rings. The number of rotatable bonds is 6. The maximum atomic E-state index is 13.4. The van der Waals surface area contributed by atoms with E-state index < -0.39 is 23.2 Å². The van der Waals surface area contributed by atoms with Crippen molar-refractivity contribution in [1.29, 1.82) is 0 Å². The Balaban J connectivity index is 1.51. The van der Waals surface area contributed by atoms with E-state index in [4.69, 9.17) is 5.73 Å². The highest BCUT2D eigenvalue weighted by Crippen LogP contribution is 2.23. The number of hydrogen-bond donors (Lipinski definition) is 4. The first-order chi connectivity index (χ1) is 15.8. The number of nitrogen functional groups attached to an aromatic ring is 1. The molecule has 0 unspecified atom stereocenters. The van der Waals surface area contributed by atoms with E-state index in [2.05, 4.69) is 15.4 Å². The van der Waals surface area contributed by atoms with Gasteiger partial charge in [-0.1, -0.05) is 30.3 Å². The third-order valence-electron chi connectivity index (χ3n) is 5.14. The molecule has 5 N–H and O–H groups in total. The van der Waals surface area contributed by atoms with Crippen LogP contribution >= 0.6 is 0 Å². The molecule has 4 rings (SSSR count). The van der Waals surface area contributed by atoms with Gasteiger partial charge in [-0.2, -0.15) is 5.10 Å². The van der Waals surface area contributed by atoms with E-state index in [0.717, 1.165) is 22.3 Å². The molecule has 0 radical (unpaired) electrons. The number of nitrogens with one attached hydrogen (secondary N) is 3. The Kier molecular flexibility index (Phi) is 5.90. The van der Waals surface area contributed by atoms with Gasteiger partial charge in [0.1, 0.15) is 17.2 Å². The van der Waals surface area contributed by atoms with Gasteiger partial charge in [0.25, 0.3) is 11.5 Å². The van der Waals surface area contributed by atoms with Crippen molar-refractivity contribution < 1.29 is 9.18 Å². The second kappa shape index (κ2) is 8.95. The van der Waals surface area contributed by atoms with Crippen LogP contribution in [0.5, 0.6) is 0 Å². The summed E-state index contributed by atoms with van der Waals surface area (Å²) in [6.07, 6.45) is 3.57. The van der Waals surface area contributed by atoms with Crippen LogP contribution in [0.15, 0.2) is 70.5 Å². The minimum atomic E-state index is -0.825. The SMILES string of the molecule is C[C@@H](NC(=O)c1[nH]c(=O)[nH]c(=O)c1N)c1cccc(-c2cnn(Cc3cccc(F)c3)c2)c1. The number of carbonyl (C=O) groups excluding carboxylic acids is 1. The summed E-state index contributed by atoms with van der Waals surface area (Å²) < 4.78 is 15.1. The van der Waals surface area contributed by atoms with Gasteiger partial charge in [0.2, 0.25) is 0 Å². The molecule has 168 valence electrons. The monoisotopic (exact) mass is 448 g/mol. The predicted octanol–water partition coefficient (Wildman–Crippen LogP) is 2.19. The number of nitrogens with two attached hydrogens (primary N) is 1. The van der Waals surface area contributed by atoms with Crippen LogP contribution in [0.2, 0.25) is 0 Å². The summed E-state index contributed by atoms with van der Waals surface area (Å²) in [5.74, 6) is -0.967. The number of benzene rings is 2. The Bertz CT molecular complexity index is 1440. The van der Waals surface area contributed by atoms with Gasteiger partial charge in [0, 0.05) is 11.8 Å². The van der Waals surface area contributed by atoms with E-state index in [0.29, 0.717) is 6.54 Å². The summed E-state index contributed by atoms with van der Waals surface area (Å²) in [6, 6.07) is 13.4. The number of hydrogen-bond acceptors (Lipinski definition) is 5. The molecule has 2 aromatic heterocycles. The first-order valence-corrected chi connectivity index (χ1v) is 10.1. The maximum absolute atomic E-state index is 13.4. The third kappa shape index (κ3) is 4.90. The molecule has 2 heterocycles. The van der Waals surface area contributed by atoms with Gasteiger partial charge in [-0.3, -0.25) is 19.3 Å². The highest BCUT2D eigenvalue weighted by molar-refractivity contribution is 5.97. The van der Waals surface area contributed by atoms with Crippen molar-refractivity contribution in [2.24, 2.45) is 0 Å².